The molecule has 1 aromatic heterocycles. The predicted molar refractivity (Wildman–Crippen MR) is 80.1 cm³/mol. The van der Waals surface area contributed by atoms with Gasteiger partial charge in [-0.05, 0) is 66.4 Å². The Morgan fingerprint density at radius 2 is 2.16 bits per heavy atom. The molecule has 0 bridgehead atoms. The summed E-state index contributed by atoms with van der Waals surface area (Å²) in [6.45, 7) is 2.17. The first kappa shape index (κ1) is 12.7. The molecule has 1 aliphatic rings. The SMILES string of the molecule is CNC(c1cccc(OC2CC2)c1)c1cscc1C. The van der Waals surface area contributed by atoms with Crippen LogP contribution in [0.4, 0.5) is 0 Å². The van der Waals surface area contributed by atoms with Gasteiger partial charge in [0.25, 0.3) is 0 Å². The molecule has 0 amide bonds. The number of hydrogen-bond acceptors (Lipinski definition) is 3. The number of benzene rings is 1. The molecule has 0 saturated heterocycles. The first-order valence-electron chi connectivity index (χ1n) is 6.74. The van der Waals surface area contributed by atoms with Crippen LogP contribution in [-0.2, 0) is 0 Å². The van der Waals surface area contributed by atoms with E-state index in [1.165, 1.54) is 29.5 Å². The minimum Gasteiger partial charge on any atom is -0.490 e. The smallest absolute Gasteiger partial charge is 0.120 e. The monoisotopic (exact) mass is 273 g/mol. The molecule has 2 aromatic rings. The molecule has 1 unspecified atom stereocenters. The van der Waals surface area contributed by atoms with E-state index in [0.29, 0.717) is 6.10 Å². The van der Waals surface area contributed by atoms with Crippen molar-refractivity contribution in [3.8, 4) is 5.75 Å². The highest BCUT2D eigenvalue weighted by molar-refractivity contribution is 7.08. The summed E-state index contributed by atoms with van der Waals surface area (Å²) in [5, 5.41) is 7.83. The summed E-state index contributed by atoms with van der Waals surface area (Å²) in [4.78, 5) is 0. The normalized spacial score (nSPS) is 16.3. The van der Waals surface area contributed by atoms with Gasteiger partial charge in [-0.2, -0.15) is 11.3 Å². The highest BCUT2D eigenvalue weighted by Gasteiger charge is 2.24. The third-order valence-electron chi connectivity index (χ3n) is 3.51. The molecule has 1 aromatic carbocycles. The first-order valence-corrected chi connectivity index (χ1v) is 7.69. The number of rotatable bonds is 5. The standard InChI is InChI=1S/C16H19NOS/c1-11-9-19-10-15(11)16(17-2)12-4-3-5-14(8-12)18-13-6-7-13/h3-5,8-10,13,16-17H,6-7H2,1-2H3. The number of aryl methyl sites for hydroxylation is 1. The lowest BCUT2D eigenvalue weighted by Crippen LogP contribution is -2.17. The number of thiophene rings is 1. The molecular formula is C16H19NOS. The minimum atomic E-state index is 0.244. The molecule has 3 heteroatoms. The fourth-order valence-corrected chi connectivity index (χ4v) is 3.19. The summed E-state index contributed by atoms with van der Waals surface area (Å²) in [5.74, 6) is 0.994. The van der Waals surface area contributed by atoms with Crippen LogP contribution in [0.2, 0.25) is 0 Å². The van der Waals surface area contributed by atoms with Crippen molar-refractivity contribution in [1.82, 2.24) is 5.32 Å². The van der Waals surface area contributed by atoms with E-state index >= 15 is 0 Å². The molecule has 3 rings (SSSR count). The third-order valence-corrected chi connectivity index (χ3v) is 4.39. The van der Waals surface area contributed by atoms with E-state index in [1.807, 2.05) is 7.05 Å². The van der Waals surface area contributed by atoms with Crippen molar-refractivity contribution in [2.75, 3.05) is 7.05 Å². The summed E-state index contributed by atoms with van der Waals surface area (Å²) in [6, 6.07) is 8.71. The molecule has 1 aliphatic carbocycles. The number of nitrogens with one attached hydrogen (secondary N) is 1. The third kappa shape index (κ3) is 2.82. The molecule has 19 heavy (non-hydrogen) atoms. The second-order valence-corrected chi connectivity index (χ2v) is 5.87. The van der Waals surface area contributed by atoms with Gasteiger partial charge in [-0.25, -0.2) is 0 Å². The molecular weight excluding hydrogens is 254 g/mol. The van der Waals surface area contributed by atoms with Gasteiger partial charge in [0.1, 0.15) is 5.75 Å². The van der Waals surface area contributed by atoms with Gasteiger partial charge >= 0.3 is 0 Å². The van der Waals surface area contributed by atoms with Crippen LogP contribution in [-0.4, -0.2) is 13.2 Å². The zero-order valence-corrected chi connectivity index (χ0v) is 12.2. The van der Waals surface area contributed by atoms with Crippen LogP contribution in [0.3, 0.4) is 0 Å². The molecule has 1 fully saturated rings. The Hall–Kier alpha value is -1.32. The van der Waals surface area contributed by atoms with Crippen LogP contribution in [0.15, 0.2) is 35.0 Å². The fourth-order valence-electron chi connectivity index (χ4n) is 2.31. The molecule has 1 atom stereocenters. The van der Waals surface area contributed by atoms with Crippen molar-refractivity contribution < 1.29 is 4.74 Å². The van der Waals surface area contributed by atoms with E-state index in [0.717, 1.165) is 5.75 Å². The summed E-state index contributed by atoms with van der Waals surface area (Å²) in [6.07, 6.45) is 2.85. The lowest BCUT2D eigenvalue weighted by molar-refractivity contribution is 0.302. The zero-order valence-electron chi connectivity index (χ0n) is 11.3. The number of ether oxygens (including phenoxy) is 1. The predicted octanol–water partition coefficient (Wildman–Crippen LogP) is 3.91. The second kappa shape index (κ2) is 5.35. The summed E-state index contributed by atoms with van der Waals surface area (Å²) in [7, 11) is 2.01. The van der Waals surface area contributed by atoms with E-state index in [4.69, 9.17) is 4.74 Å². The van der Waals surface area contributed by atoms with Gasteiger partial charge < -0.3 is 10.1 Å². The van der Waals surface area contributed by atoms with Gasteiger partial charge in [0.05, 0.1) is 12.1 Å². The van der Waals surface area contributed by atoms with Gasteiger partial charge in [0.15, 0.2) is 0 Å². The van der Waals surface area contributed by atoms with E-state index in [-0.39, 0.29) is 6.04 Å². The maximum atomic E-state index is 5.88. The quantitative estimate of drug-likeness (QED) is 0.892. The Morgan fingerprint density at radius 1 is 1.32 bits per heavy atom. The maximum Gasteiger partial charge on any atom is 0.120 e. The van der Waals surface area contributed by atoms with Gasteiger partial charge in [-0.15, -0.1) is 0 Å². The Morgan fingerprint density at radius 3 is 2.79 bits per heavy atom. The van der Waals surface area contributed by atoms with Gasteiger partial charge in [0.2, 0.25) is 0 Å². The highest BCUT2D eigenvalue weighted by atomic mass is 32.1. The van der Waals surface area contributed by atoms with Crippen molar-refractivity contribution in [2.24, 2.45) is 0 Å². The van der Waals surface area contributed by atoms with Crippen molar-refractivity contribution >= 4 is 11.3 Å². The second-order valence-electron chi connectivity index (χ2n) is 5.12. The van der Waals surface area contributed by atoms with Gasteiger partial charge in [0, 0.05) is 0 Å². The Bertz CT molecular complexity index is 559. The average molecular weight is 273 g/mol. The Labute approximate surface area is 118 Å². The molecule has 0 spiro atoms. The van der Waals surface area contributed by atoms with E-state index in [1.54, 1.807) is 11.3 Å². The zero-order chi connectivity index (χ0) is 13.2. The van der Waals surface area contributed by atoms with Crippen molar-refractivity contribution in [3.05, 3.63) is 51.7 Å². The van der Waals surface area contributed by atoms with Crippen molar-refractivity contribution in [3.63, 3.8) is 0 Å². The minimum absolute atomic E-state index is 0.244. The summed E-state index contributed by atoms with van der Waals surface area (Å²) < 4.78 is 5.88. The van der Waals surface area contributed by atoms with Crippen molar-refractivity contribution in [2.45, 2.75) is 31.9 Å². The Kier molecular flexibility index (Phi) is 3.58. The van der Waals surface area contributed by atoms with E-state index in [2.05, 4.69) is 47.3 Å². The maximum absolute atomic E-state index is 5.88. The van der Waals surface area contributed by atoms with Crippen LogP contribution in [0.1, 0.15) is 35.6 Å². The van der Waals surface area contributed by atoms with Crippen LogP contribution in [0.25, 0.3) is 0 Å². The molecule has 2 nitrogen and oxygen atoms in total. The first-order chi connectivity index (χ1) is 9.28. The molecule has 1 heterocycles. The van der Waals surface area contributed by atoms with Crippen LogP contribution in [0.5, 0.6) is 5.75 Å². The molecule has 0 aliphatic heterocycles. The fraction of sp³-hybridized carbons (Fsp3) is 0.375. The highest BCUT2D eigenvalue weighted by Crippen LogP contribution is 2.31. The van der Waals surface area contributed by atoms with Crippen LogP contribution < -0.4 is 10.1 Å². The lowest BCUT2D eigenvalue weighted by Gasteiger charge is -2.18. The van der Waals surface area contributed by atoms with Crippen LogP contribution >= 0.6 is 11.3 Å². The molecule has 0 radical (unpaired) electrons. The average Bonchev–Trinajstić information content (AvgIpc) is 3.13. The molecule has 1 saturated carbocycles. The number of hydrogen-bond donors (Lipinski definition) is 1. The molecule has 1 N–H and O–H groups in total. The summed E-state index contributed by atoms with van der Waals surface area (Å²) in [5.41, 5.74) is 3.97. The lowest BCUT2D eigenvalue weighted by atomic mass is 9.98. The Balaban J connectivity index is 1.88. The topological polar surface area (TPSA) is 21.3 Å². The van der Waals surface area contributed by atoms with Gasteiger partial charge in [-0.1, -0.05) is 12.1 Å². The van der Waals surface area contributed by atoms with E-state index in [9.17, 15) is 0 Å². The van der Waals surface area contributed by atoms with Gasteiger partial charge in [-0.3, -0.25) is 0 Å². The summed E-state index contributed by atoms with van der Waals surface area (Å²) >= 11 is 1.76. The largest absolute Gasteiger partial charge is 0.490 e. The molecule has 100 valence electrons. The van der Waals surface area contributed by atoms with E-state index < -0.39 is 0 Å². The van der Waals surface area contributed by atoms with Crippen molar-refractivity contribution in [1.29, 1.82) is 0 Å². The van der Waals surface area contributed by atoms with Crippen LogP contribution in [0, 0.1) is 6.92 Å².